The Morgan fingerprint density at radius 2 is 1.42 bits per heavy atom. The minimum absolute atomic E-state index is 0.108. The van der Waals surface area contributed by atoms with Gasteiger partial charge in [0, 0.05) is 5.56 Å². The molecule has 1 aromatic carbocycles. The maximum absolute atomic E-state index is 13.9. The highest BCUT2D eigenvalue weighted by molar-refractivity contribution is 5.28. The van der Waals surface area contributed by atoms with Crippen LogP contribution in [-0.2, 0) is 0 Å². The number of aliphatic hydroxyl groups excluding tert-OH is 1. The van der Waals surface area contributed by atoms with Crippen molar-refractivity contribution in [2.45, 2.75) is 90.1 Å². The number of halogens is 2. The van der Waals surface area contributed by atoms with Gasteiger partial charge in [-0.15, -0.1) is 0 Å². The fourth-order valence-electron chi connectivity index (χ4n) is 5.36. The Hall–Kier alpha value is -0.960. The van der Waals surface area contributed by atoms with E-state index in [0.29, 0.717) is 11.8 Å². The standard InChI is InChI=1S/C23H34F2O/c1-3-4-23(26)19-11-9-17(10-12-19)16-5-7-18(8-6-16)20-13-21(24)15(2)22(25)14-20/h13-14,16-19,23,26H,3-12H2,1-2H3. The van der Waals surface area contributed by atoms with Gasteiger partial charge < -0.3 is 5.11 Å². The van der Waals surface area contributed by atoms with Crippen molar-refractivity contribution in [2.75, 3.05) is 0 Å². The molecule has 0 spiro atoms. The van der Waals surface area contributed by atoms with E-state index in [0.717, 1.165) is 43.1 Å². The third-order valence-corrected chi connectivity index (χ3v) is 7.16. The second kappa shape index (κ2) is 8.82. The largest absolute Gasteiger partial charge is 0.393 e. The molecule has 0 heterocycles. The zero-order valence-electron chi connectivity index (χ0n) is 16.3. The Kier molecular flexibility index (Phi) is 6.71. The van der Waals surface area contributed by atoms with Crippen LogP contribution >= 0.6 is 0 Å². The van der Waals surface area contributed by atoms with Gasteiger partial charge in [0.25, 0.3) is 0 Å². The van der Waals surface area contributed by atoms with Crippen LogP contribution in [0.5, 0.6) is 0 Å². The zero-order valence-corrected chi connectivity index (χ0v) is 16.3. The second-order valence-electron chi connectivity index (χ2n) is 8.75. The molecule has 1 unspecified atom stereocenters. The summed E-state index contributed by atoms with van der Waals surface area (Å²) in [7, 11) is 0. The van der Waals surface area contributed by atoms with Crippen LogP contribution in [0.15, 0.2) is 12.1 Å². The van der Waals surface area contributed by atoms with Crippen molar-refractivity contribution in [2.24, 2.45) is 17.8 Å². The van der Waals surface area contributed by atoms with E-state index < -0.39 is 11.6 Å². The predicted molar refractivity (Wildman–Crippen MR) is 102 cm³/mol. The summed E-state index contributed by atoms with van der Waals surface area (Å²) in [6, 6.07) is 3.09. The van der Waals surface area contributed by atoms with Gasteiger partial charge in [0.05, 0.1) is 6.10 Å². The first-order chi connectivity index (χ1) is 12.5. The first-order valence-corrected chi connectivity index (χ1v) is 10.6. The fourth-order valence-corrected chi connectivity index (χ4v) is 5.36. The molecule has 146 valence electrons. The minimum atomic E-state index is -0.411. The van der Waals surface area contributed by atoms with Crippen LogP contribution in [0.4, 0.5) is 8.78 Å². The number of rotatable bonds is 5. The molecule has 0 aliphatic heterocycles. The Morgan fingerprint density at radius 1 is 0.923 bits per heavy atom. The highest BCUT2D eigenvalue weighted by atomic mass is 19.1. The molecule has 3 heteroatoms. The third-order valence-electron chi connectivity index (χ3n) is 7.16. The van der Waals surface area contributed by atoms with Crippen molar-refractivity contribution < 1.29 is 13.9 Å². The van der Waals surface area contributed by atoms with Crippen molar-refractivity contribution in [3.63, 3.8) is 0 Å². The number of benzene rings is 1. The van der Waals surface area contributed by atoms with E-state index in [9.17, 15) is 13.9 Å². The van der Waals surface area contributed by atoms with Gasteiger partial charge in [0.1, 0.15) is 11.6 Å². The molecule has 1 atom stereocenters. The summed E-state index contributed by atoms with van der Waals surface area (Å²) < 4.78 is 27.7. The van der Waals surface area contributed by atoms with Crippen molar-refractivity contribution in [3.05, 3.63) is 34.9 Å². The molecule has 0 bridgehead atoms. The molecule has 0 radical (unpaired) electrons. The van der Waals surface area contributed by atoms with Gasteiger partial charge in [0.2, 0.25) is 0 Å². The number of hydrogen-bond donors (Lipinski definition) is 1. The van der Waals surface area contributed by atoms with Crippen LogP contribution in [0.3, 0.4) is 0 Å². The van der Waals surface area contributed by atoms with Crippen LogP contribution in [0.25, 0.3) is 0 Å². The lowest BCUT2D eigenvalue weighted by Crippen LogP contribution is -2.30. The monoisotopic (exact) mass is 364 g/mol. The van der Waals surface area contributed by atoms with Crippen LogP contribution in [-0.4, -0.2) is 11.2 Å². The van der Waals surface area contributed by atoms with E-state index in [1.165, 1.54) is 45.4 Å². The molecule has 2 fully saturated rings. The van der Waals surface area contributed by atoms with Crippen LogP contribution in [0, 0.1) is 36.3 Å². The zero-order chi connectivity index (χ0) is 18.7. The molecule has 1 N–H and O–H groups in total. The molecule has 3 rings (SSSR count). The summed E-state index contributed by atoms with van der Waals surface area (Å²) in [5.74, 6) is 1.53. The quantitative estimate of drug-likeness (QED) is 0.631. The van der Waals surface area contributed by atoms with E-state index in [-0.39, 0.29) is 11.7 Å². The molecule has 26 heavy (non-hydrogen) atoms. The summed E-state index contributed by atoms with van der Waals surface area (Å²) in [6.07, 6.45) is 11.2. The Balaban J connectivity index is 1.50. The fraction of sp³-hybridized carbons (Fsp3) is 0.739. The van der Waals surface area contributed by atoms with Crippen LogP contribution in [0.2, 0.25) is 0 Å². The molecular formula is C23H34F2O. The maximum Gasteiger partial charge on any atom is 0.129 e. The van der Waals surface area contributed by atoms with Gasteiger partial charge in [-0.1, -0.05) is 13.3 Å². The van der Waals surface area contributed by atoms with E-state index >= 15 is 0 Å². The molecule has 2 aliphatic rings. The minimum Gasteiger partial charge on any atom is -0.393 e. The van der Waals surface area contributed by atoms with Crippen molar-refractivity contribution >= 4 is 0 Å². The van der Waals surface area contributed by atoms with Gasteiger partial charge in [-0.2, -0.15) is 0 Å². The molecule has 2 aliphatic carbocycles. The van der Waals surface area contributed by atoms with Crippen LogP contribution < -0.4 is 0 Å². The lowest BCUT2D eigenvalue weighted by Gasteiger charge is -2.39. The topological polar surface area (TPSA) is 20.2 Å². The first kappa shape index (κ1) is 19.8. The smallest absolute Gasteiger partial charge is 0.129 e. The van der Waals surface area contributed by atoms with Gasteiger partial charge in [-0.3, -0.25) is 0 Å². The van der Waals surface area contributed by atoms with Crippen molar-refractivity contribution in [3.8, 4) is 0 Å². The Morgan fingerprint density at radius 3 is 1.92 bits per heavy atom. The predicted octanol–water partition coefficient (Wildman–Crippen LogP) is 6.51. The van der Waals surface area contributed by atoms with E-state index in [1.54, 1.807) is 12.1 Å². The second-order valence-corrected chi connectivity index (χ2v) is 8.75. The number of aliphatic hydroxyl groups is 1. The Bertz CT molecular complexity index is 561. The molecule has 0 saturated heterocycles. The van der Waals surface area contributed by atoms with Gasteiger partial charge >= 0.3 is 0 Å². The lowest BCUT2D eigenvalue weighted by atomic mass is 9.67. The summed E-state index contributed by atoms with van der Waals surface area (Å²) in [4.78, 5) is 0. The molecule has 1 aromatic rings. The van der Waals surface area contributed by atoms with E-state index in [4.69, 9.17) is 0 Å². The lowest BCUT2D eigenvalue weighted by molar-refractivity contribution is 0.0528. The first-order valence-electron chi connectivity index (χ1n) is 10.6. The average Bonchev–Trinajstić information content (AvgIpc) is 2.66. The molecular weight excluding hydrogens is 330 g/mol. The summed E-state index contributed by atoms with van der Waals surface area (Å²) in [5.41, 5.74) is 0.972. The van der Waals surface area contributed by atoms with Gasteiger partial charge in [-0.05, 0) is 106 Å². The van der Waals surface area contributed by atoms with Crippen molar-refractivity contribution in [1.29, 1.82) is 0 Å². The van der Waals surface area contributed by atoms with Crippen molar-refractivity contribution in [1.82, 2.24) is 0 Å². The summed E-state index contributed by atoms with van der Waals surface area (Å²) in [6.45, 7) is 3.64. The average molecular weight is 365 g/mol. The normalized spacial score (nSPS) is 31.0. The van der Waals surface area contributed by atoms with E-state index in [2.05, 4.69) is 6.92 Å². The van der Waals surface area contributed by atoms with Crippen LogP contribution in [0.1, 0.15) is 88.2 Å². The summed E-state index contributed by atoms with van der Waals surface area (Å²) in [5, 5.41) is 10.2. The van der Waals surface area contributed by atoms with E-state index in [1.807, 2.05) is 0 Å². The molecule has 2 saturated carbocycles. The summed E-state index contributed by atoms with van der Waals surface area (Å²) >= 11 is 0. The van der Waals surface area contributed by atoms with Gasteiger partial charge in [-0.25, -0.2) is 8.78 Å². The maximum atomic E-state index is 13.9. The molecule has 0 aromatic heterocycles. The third kappa shape index (κ3) is 4.47. The Labute approximate surface area is 157 Å². The SMILES string of the molecule is CCCC(O)C1CCC(C2CCC(c3cc(F)c(C)c(F)c3)CC2)CC1. The highest BCUT2D eigenvalue weighted by Crippen LogP contribution is 2.44. The van der Waals surface area contributed by atoms with Gasteiger partial charge in [0.15, 0.2) is 0 Å². The molecule has 0 amide bonds. The number of hydrogen-bond acceptors (Lipinski definition) is 1. The molecule has 1 nitrogen and oxygen atoms in total. The highest BCUT2D eigenvalue weighted by Gasteiger charge is 2.33.